The van der Waals surface area contributed by atoms with Gasteiger partial charge in [-0.05, 0) is 45.0 Å². The van der Waals surface area contributed by atoms with E-state index in [1.54, 1.807) is 12.1 Å². The molecule has 23 heavy (non-hydrogen) atoms. The second kappa shape index (κ2) is 7.00. The van der Waals surface area contributed by atoms with Crippen LogP contribution in [-0.4, -0.2) is 60.3 Å². The van der Waals surface area contributed by atoms with Crippen molar-refractivity contribution >= 4 is 17.6 Å². The summed E-state index contributed by atoms with van der Waals surface area (Å²) in [4.78, 5) is 27.0. The summed E-state index contributed by atoms with van der Waals surface area (Å²) in [5.41, 5.74) is 0.842. The molecule has 0 amide bonds. The van der Waals surface area contributed by atoms with Crippen molar-refractivity contribution in [2.45, 2.75) is 26.4 Å². The number of hydrogen-bond donors (Lipinski definition) is 1. The highest BCUT2D eigenvalue weighted by molar-refractivity contribution is 5.88. The van der Waals surface area contributed by atoms with E-state index < -0.39 is 11.6 Å². The summed E-state index contributed by atoms with van der Waals surface area (Å²) in [7, 11) is 0. The molecule has 0 bridgehead atoms. The van der Waals surface area contributed by atoms with Gasteiger partial charge in [0.25, 0.3) is 0 Å². The number of hydrogen-bond acceptors (Lipinski definition) is 5. The van der Waals surface area contributed by atoms with Gasteiger partial charge in [0, 0.05) is 31.9 Å². The van der Waals surface area contributed by atoms with Crippen LogP contribution in [-0.2, 0) is 9.53 Å². The molecule has 0 atom stereocenters. The maximum absolute atomic E-state index is 11.8. The lowest BCUT2D eigenvalue weighted by molar-refractivity contribution is -0.156. The molecule has 1 fully saturated rings. The third-order valence-corrected chi connectivity index (χ3v) is 3.62. The predicted octanol–water partition coefficient (Wildman–Crippen LogP) is 1.85. The van der Waals surface area contributed by atoms with Crippen molar-refractivity contribution in [3.63, 3.8) is 0 Å². The molecular weight excluding hydrogens is 296 g/mol. The smallest absolute Gasteiger partial charge is 0.335 e. The van der Waals surface area contributed by atoms with Gasteiger partial charge in [-0.2, -0.15) is 0 Å². The van der Waals surface area contributed by atoms with E-state index in [1.807, 2.05) is 32.9 Å². The Bertz CT molecular complexity index is 555. The first-order valence-corrected chi connectivity index (χ1v) is 7.77. The number of nitrogens with zero attached hydrogens (tertiary/aromatic N) is 2. The molecule has 0 saturated carbocycles. The highest BCUT2D eigenvalue weighted by Crippen LogP contribution is 2.17. The minimum absolute atomic E-state index is 0.197. The molecule has 1 aliphatic rings. The molecule has 0 aliphatic carbocycles. The van der Waals surface area contributed by atoms with E-state index in [1.165, 1.54) is 0 Å². The summed E-state index contributed by atoms with van der Waals surface area (Å²) in [6, 6.07) is 6.88. The number of rotatable bonds is 4. The molecule has 1 N–H and O–H groups in total. The Morgan fingerprint density at radius 2 is 1.65 bits per heavy atom. The minimum Gasteiger partial charge on any atom is -0.478 e. The Hall–Kier alpha value is -2.08. The lowest BCUT2D eigenvalue weighted by atomic mass is 10.2. The first-order chi connectivity index (χ1) is 10.7. The summed E-state index contributed by atoms with van der Waals surface area (Å²) < 4.78 is 5.34. The Morgan fingerprint density at radius 3 is 2.13 bits per heavy atom. The van der Waals surface area contributed by atoms with E-state index in [0.717, 1.165) is 31.9 Å². The van der Waals surface area contributed by atoms with Crippen molar-refractivity contribution in [3.05, 3.63) is 29.8 Å². The molecule has 1 aromatic carbocycles. The molecule has 0 aromatic heterocycles. The summed E-state index contributed by atoms with van der Waals surface area (Å²) >= 11 is 0. The Labute approximate surface area is 136 Å². The SMILES string of the molecule is CC(C)(C)OC(=O)CN1CCN(c2ccc(C(=O)O)cc2)CC1. The van der Waals surface area contributed by atoms with Crippen molar-refractivity contribution in [1.29, 1.82) is 0 Å². The third-order valence-electron chi connectivity index (χ3n) is 3.62. The molecule has 1 aromatic rings. The molecular formula is C17H24N2O4. The van der Waals surface area contributed by atoms with E-state index in [0.29, 0.717) is 6.54 Å². The van der Waals surface area contributed by atoms with Crippen LogP contribution in [0.3, 0.4) is 0 Å². The van der Waals surface area contributed by atoms with Gasteiger partial charge in [0.2, 0.25) is 0 Å². The fourth-order valence-electron chi connectivity index (χ4n) is 2.54. The quantitative estimate of drug-likeness (QED) is 0.854. The first kappa shape index (κ1) is 17.3. The topological polar surface area (TPSA) is 70.1 Å². The lowest BCUT2D eigenvalue weighted by Gasteiger charge is -2.36. The fraction of sp³-hybridized carbons (Fsp3) is 0.529. The normalized spacial score (nSPS) is 16.2. The van der Waals surface area contributed by atoms with Crippen LogP contribution in [0.5, 0.6) is 0 Å². The van der Waals surface area contributed by atoms with Gasteiger partial charge >= 0.3 is 11.9 Å². The third kappa shape index (κ3) is 5.25. The van der Waals surface area contributed by atoms with E-state index >= 15 is 0 Å². The van der Waals surface area contributed by atoms with Gasteiger partial charge in [-0.3, -0.25) is 9.69 Å². The second-order valence-electron chi connectivity index (χ2n) is 6.70. The molecule has 0 radical (unpaired) electrons. The van der Waals surface area contributed by atoms with Crippen molar-refractivity contribution in [2.24, 2.45) is 0 Å². The summed E-state index contributed by atoms with van der Waals surface area (Å²) in [5, 5.41) is 8.92. The molecule has 6 heteroatoms. The standard InChI is InChI=1S/C17H24N2O4/c1-17(2,3)23-15(20)12-18-8-10-19(11-9-18)14-6-4-13(5-7-14)16(21)22/h4-7H,8-12H2,1-3H3,(H,21,22). The van der Waals surface area contributed by atoms with Crippen LogP contribution < -0.4 is 4.90 Å². The number of ether oxygens (including phenoxy) is 1. The summed E-state index contributed by atoms with van der Waals surface area (Å²) in [5.74, 6) is -1.12. The van der Waals surface area contributed by atoms with Crippen LogP contribution in [0.2, 0.25) is 0 Å². The monoisotopic (exact) mass is 320 g/mol. The van der Waals surface area contributed by atoms with Gasteiger partial charge in [0.1, 0.15) is 5.60 Å². The Morgan fingerprint density at radius 1 is 1.09 bits per heavy atom. The number of carboxylic acids is 1. The molecule has 126 valence electrons. The van der Waals surface area contributed by atoms with E-state index in [2.05, 4.69) is 9.80 Å². The van der Waals surface area contributed by atoms with Crippen molar-refractivity contribution in [1.82, 2.24) is 4.90 Å². The Kier molecular flexibility index (Phi) is 5.26. The summed E-state index contributed by atoms with van der Waals surface area (Å²) in [6.45, 7) is 9.06. The summed E-state index contributed by atoms with van der Waals surface area (Å²) in [6.07, 6.45) is 0. The van der Waals surface area contributed by atoms with Crippen LogP contribution in [0, 0.1) is 0 Å². The van der Waals surface area contributed by atoms with E-state index in [-0.39, 0.29) is 11.5 Å². The second-order valence-corrected chi connectivity index (χ2v) is 6.70. The number of carbonyl (C=O) groups is 2. The highest BCUT2D eigenvalue weighted by Gasteiger charge is 2.22. The predicted molar refractivity (Wildman–Crippen MR) is 87.9 cm³/mol. The van der Waals surface area contributed by atoms with Crippen molar-refractivity contribution in [3.8, 4) is 0 Å². The number of aromatic carboxylic acids is 1. The van der Waals surface area contributed by atoms with Crippen LogP contribution in [0.1, 0.15) is 31.1 Å². The van der Waals surface area contributed by atoms with Crippen LogP contribution >= 0.6 is 0 Å². The van der Waals surface area contributed by atoms with Gasteiger partial charge in [-0.25, -0.2) is 4.79 Å². The van der Waals surface area contributed by atoms with Gasteiger partial charge in [-0.1, -0.05) is 0 Å². The van der Waals surface area contributed by atoms with Crippen molar-refractivity contribution < 1.29 is 19.4 Å². The lowest BCUT2D eigenvalue weighted by Crippen LogP contribution is -2.48. The number of carbonyl (C=O) groups excluding carboxylic acids is 1. The first-order valence-electron chi connectivity index (χ1n) is 7.77. The molecule has 2 rings (SSSR count). The number of piperazine rings is 1. The molecule has 1 saturated heterocycles. The number of anilines is 1. The molecule has 0 unspecified atom stereocenters. The van der Waals surface area contributed by atoms with Crippen LogP contribution in [0.25, 0.3) is 0 Å². The van der Waals surface area contributed by atoms with E-state index in [4.69, 9.17) is 9.84 Å². The maximum atomic E-state index is 11.8. The number of benzene rings is 1. The molecule has 1 heterocycles. The zero-order chi connectivity index (χ0) is 17.0. The zero-order valence-corrected chi connectivity index (χ0v) is 13.9. The average Bonchev–Trinajstić information content (AvgIpc) is 2.46. The largest absolute Gasteiger partial charge is 0.478 e. The maximum Gasteiger partial charge on any atom is 0.335 e. The van der Waals surface area contributed by atoms with E-state index in [9.17, 15) is 9.59 Å². The minimum atomic E-state index is -0.918. The zero-order valence-electron chi connectivity index (χ0n) is 13.9. The van der Waals surface area contributed by atoms with Gasteiger partial charge in [0.15, 0.2) is 0 Å². The molecule has 1 aliphatic heterocycles. The van der Waals surface area contributed by atoms with Crippen molar-refractivity contribution in [2.75, 3.05) is 37.6 Å². The highest BCUT2D eigenvalue weighted by atomic mass is 16.6. The Balaban J connectivity index is 1.84. The fourth-order valence-corrected chi connectivity index (χ4v) is 2.54. The van der Waals surface area contributed by atoms with Crippen LogP contribution in [0.15, 0.2) is 24.3 Å². The van der Waals surface area contributed by atoms with Gasteiger partial charge in [-0.15, -0.1) is 0 Å². The molecule has 0 spiro atoms. The average molecular weight is 320 g/mol. The van der Waals surface area contributed by atoms with Gasteiger partial charge in [0.05, 0.1) is 12.1 Å². The molecule has 6 nitrogen and oxygen atoms in total. The number of carboxylic acid groups (broad SMARTS) is 1. The number of esters is 1. The van der Waals surface area contributed by atoms with Crippen LogP contribution in [0.4, 0.5) is 5.69 Å². The van der Waals surface area contributed by atoms with Gasteiger partial charge < -0.3 is 14.7 Å².